The quantitative estimate of drug-likeness (QED) is 0.844. The topological polar surface area (TPSA) is 79.5 Å². The molecule has 0 saturated carbocycles. The molecule has 1 fully saturated rings. The van der Waals surface area contributed by atoms with Gasteiger partial charge in [-0.25, -0.2) is 0 Å². The lowest BCUT2D eigenvalue weighted by Crippen LogP contribution is -2.26. The van der Waals surface area contributed by atoms with Gasteiger partial charge in [0, 0.05) is 12.8 Å². The molecule has 6 nitrogen and oxygen atoms in total. The lowest BCUT2D eigenvalue weighted by Gasteiger charge is -2.23. The Kier molecular flexibility index (Phi) is 3.98. The van der Waals surface area contributed by atoms with Gasteiger partial charge in [0.2, 0.25) is 11.8 Å². The van der Waals surface area contributed by atoms with Gasteiger partial charge in [-0.3, -0.25) is 0 Å². The average Bonchev–Trinajstić information content (AvgIpc) is 2.36. The summed E-state index contributed by atoms with van der Waals surface area (Å²) in [6.45, 7) is 3.82. The van der Waals surface area contributed by atoms with Crippen molar-refractivity contribution in [3.63, 3.8) is 0 Å². The van der Waals surface area contributed by atoms with Crippen molar-refractivity contribution >= 4 is 5.69 Å². The van der Waals surface area contributed by atoms with Crippen LogP contribution in [0.25, 0.3) is 0 Å². The Morgan fingerprint density at radius 3 is 2.76 bits per heavy atom. The first-order chi connectivity index (χ1) is 8.31. The molecule has 94 valence electrons. The van der Waals surface area contributed by atoms with Gasteiger partial charge in [-0.15, -0.1) is 0 Å². The van der Waals surface area contributed by atoms with E-state index in [2.05, 4.69) is 9.97 Å². The van der Waals surface area contributed by atoms with Crippen LogP contribution < -0.4 is 15.2 Å². The van der Waals surface area contributed by atoms with Gasteiger partial charge in [0.15, 0.2) is 5.69 Å². The van der Waals surface area contributed by atoms with Gasteiger partial charge in [-0.1, -0.05) is 0 Å². The number of nitrogen functional groups attached to an aromatic ring is 1. The van der Waals surface area contributed by atoms with Crippen molar-refractivity contribution in [2.75, 3.05) is 25.6 Å². The molecule has 0 aliphatic carbocycles. The number of aromatic nitrogens is 2. The number of rotatable bonds is 4. The molecule has 6 heteroatoms. The molecule has 0 unspecified atom stereocenters. The summed E-state index contributed by atoms with van der Waals surface area (Å²) >= 11 is 0. The Morgan fingerprint density at radius 2 is 2.06 bits per heavy atom. The third-order valence-corrected chi connectivity index (χ3v) is 2.54. The van der Waals surface area contributed by atoms with Crippen LogP contribution >= 0.6 is 0 Å². The second-order valence-electron chi connectivity index (χ2n) is 3.76. The van der Waals surface area contributed by atoms with E-state index in [0.29, 0.717) is 37.3 Å². The first kappa shape index (κ1) is 11.9. The largest absolute Gasteiger partial charge is 0.476 e. The Hall–Kier alpha value is -1.56. The van der Waals surface area contributed by atoms with Crippen molar-refractivity contribution in [3.05, 3.63) is 6.33 Å². The molecule has 2 rings (SSSR count). The highest BCUT2D eigenvalue weighted by molar-refractivity contribution is 5.55. The average molecular weight is 239 g/mol. The summed E-state index contributed by atoms with van der Waals surface area (Å²) in [6.07, 6.45) is 3.21. The van der Waals surface area contributed by atoms with Crippen LogP contribution in [0.15, 0.2) is 6.33 Å². The first-order valence-electron chi connectivity index (χ1n) is 5.79. The van der Waals surface area contributed by atoms with Crippen LogP contribution in [0, 0.1) is 0 Å². The molecule has 2 heterocycles. The van der Waals surface area contributed by atoms with Crippen molar-refractivity contribution < 1.29 is 14.2 Å². The van der Waals surface area contributed by atoms with Crippen LogP contribution in [0.5, 0.6) is 11.8 Å². The second kappa shape index (κ2) is 5.67. The number of nitrogens with two attached hydrogens (primary N) is 1. The fraction of sp³-hybridized carbons (Fsp3) is 0.636. The molecule has 0 radical (unpaired) electrons. The van der Waals surface area contributed by atoms with Crippen molar-refractivity contribution in [2.24, 2.45) is 0 Å². The Bertz CT molecular complexity index is 367. The smallest absolute Gasteiger partial charge is 0.244 e. The van der Waals surface area contributed by atoms with Gasteiger partial charge >= 0.3 is 0 Å². The lowest BCUT2D eigenvalue weighted by molar-refractivity contribution is 0.0239. The highest BCUT2D eigenvalue weighted by Gasteiger charge is 2.18. The Balaban J connectivity index is 2.06. The van der Waals surface area contributed by atoms with Crippen LogP contribution in [-0.4, -0.2) is 35.9 Å². The summed E-state index contributed by atoms with van der Waals surface area (Å²) in [4.78, 5) is 7.99. The molecule has 0 atom stereocenters. The number of nitrogens with zero attached hydrogens (tertiary/aromatic N) is 2. The zero-order valence-electron chi connectivity index (χ0n) is 9.89. The van der Waals surface area contributed by atoms with E-state index >= 15 is 0 Å². The zero-order valence-corrected chi connectivity index (χ0v) is 9.89. The van der Waals surface area contributed by atoms with E-state index in [9.17, 15) is 0 Å². The van der Waals surface area contributed by atoms with Gasteiger partial charge < -0.3 is 19.9 Å². The lowest BCUT2D eigenvalue weighted by atomic mass is 10.1. The molecule has 1 saturated heterocycles. The predicted octanol–water partition coefficient (Wildman–Crippen LogP) is 1.02. The van der Waals surface area contributed by atoms with Gasteiger partial charge in [-0.2, -0.15) is 9.97 Å². The summed E-state index contributed by atoms with van der Waals surface area (Å²) < 4.78 is 16.3. The summed E-state index contributed by atoms with van der Waals surface area (Å²) in [6, 6.07) is 0. The molecule has 1 aliphatic rings. The van der Waals surface area contributed by atoms with Gasteiger partial charge in [-0.05, 0) is 6.92 Å². The molecule has 1 aromatic heterocycles. The van der Waals surface area contributed by atoms with Crippen molar-refractivity contribution in [1.29, 1.82) is 0 Å². The fourth-order valence-corrected chi connectivity index (χ4v) is 1.66. The summed E-state index contributed by atoms with van der Waals surface area (Å²) in [5.74, 6) is 0.778. The van der Waals surface area contributed by atoms with Gasteiger partial charge in [0.05, 0.1) is 19.8 Å². The fourth-order valence-electron chi connectivity index (χ4n) is 1.66. The van der Waals surface area contributed by atoms with Gasteiger partial charge in [0.25, 0.3) is 0 Å². The number of ether oxygens (including phenoxy) is 3. The van der Waals surface area contributed by atoms with E-state index in [4.69, 9.17) is 19.9 Å². The monoisotopic (exact) mass is 239 g/mol. The van der Waals surface area contributed by atoms with Crippen LogP contribution in [0.4, 0.5) is 5.69 Å². The minimum absolute atomic E-state index is 0.107. The molecule has 17 heavy (non-hydrogen) atoms. The molecule has 2 N–H and O–H groups in total. The second-order valence-corrected chi connectivity index (χ2v) is 3.76. The number of anilines is 1. The molecule has 1 aliphatic heterocycles. The van der Waals surface area contributed by atoms with Crippen LogP contribution in [0.3, 0.4) is 0 Å². The zero-order chi connectivity index (χ0) is 12.1. The van der Waals surface area contributed by atoms with E-state index in [1.807, 2.05) is 6.92 Å². The highest BCUT2D eigenvalue weighted by Crippen LogP contribution is 2.28. The SMILES string of the molecule is CCOc1ncnc(OC2CCOCC2)c1N. The standard InChI is InChI=1S/C11H17N3O3/c1-2-16-10-9(12)11(14-7-13-10)17-8-3-5-15-6-4-8/h7-8H,2-6,12H2,1H3. The summed E-state index contributed by atoms with van der Waals surface area (Å²) in [7, 11) is 0. The highest BCUT2D eigenvalue weighted by atomic mass is 16.5. The molecular formula is C11H17N3O3. The third-order valence-electron chi connectivity index (χ3n) is 2.54. The van der Waals surface area contributed by atoms with Crippen molar-refractivity contribution in [2.45, 2.75) is 25.9 Å². The molecule has 1 aromatic rings. The van der Waals surface area contributed by atoms with Crippen LogP contribution in [-0.2, 0) is 4.74 Å². The van der Waals surface area contributed by atoms with E-state index in [1.165, 1.54) is 6.33 Å². The normalized spacial score (nSPS) is 16.8. The Morgan fingerprint density at radius 1 is 1.35 bits per heavy atom. The van der Waals surface area contributed by atoms with E-state index in [1.54, 1.807) is 0 Å². The third kappa shape index (κ3) is 2.97. The summed E-state index contributed by atoms with van der Waals surface area (Å²) in [5, 5.41) is 0. The van der Waals surface area contributed by atoms with E-state index in [-0.39, 0.29) is 6.10 Å². The van der Waals surface area contributed by atoms with Crippen LogP contribution in [0.2, 0.25) is 0 Å². The molecule has 0 spiro atoms. The van der Waals surface area contributed by atoms with E-state index in [0.717, 1.165) is 12.8 Å². The molecule has 0 aromatic carbocycles. The first-order valence-corrected chi connectivity index (χ1v) is 5.79. The van der Waals surface area contributed by atoms with E-state index < -0.39 is 0 Å². The maximum Gasteiger partial charge on any atom is 0.244 e. The number of hydrogen-bond acceptors (Lipinski definition) is 6. The molecular weight excluding hydrogens is 222 g/mol. The molecule has 0 amide bonds. The minimum atomic E-state index is 0.107. The number of hydrogen-bond donors (Lipinski definition) is 1. The minimum Gasteiger partial charge on any atom is -0.476 e. The van der Waals surface area contributed by atoms with Crippen LogP contribution in [0.1, 0.15) is 19.8 Å². The molecule has 0 bridgehead atoms. The van der Waals surface area contributed by atoms with Gasteiger partial charge in [0.1, 0.15) is 12.4 Å². The van der Waals surface area contributed by atoms with Crippen molar-refractivity contribution in [3.8, 4) is 11.8 Å². The predicted molar refractivity (Wildman–Crippen MR) is 62.1 cm³/mol. The summed E-state index contributed by atoms with van der Waals surface area (Å²) in [5.41, 5.74) is 6.24. The Labute approximate surface area is 100 Å². The maximum atomic E-state index is 5.88. The van der Waals surface area contributed by atoms with Crippen molar-refractivity contribution in [1.82, 2.24) is 9.97 Å². The maximum absolute atomic E-state index is 5.88.